The molecular formula is C12H8N2O5. The molecule has 1 N–H and O–H groups in total. The van der Waals surface area contributed by atoms with E-state index in [-0.39, 0.29) is 22.9 Å². The van der Waals surface area contributed by atoms with Crippen molar-refractivity contribution in [3.63, 3.8) is 0 Å². The van der Waals surface area contributed by atoms with E-state index in [2.05, 4.69) is 4.98 Å². The van der Waals surface area contributed by atoms with Gasteiger partial charge in [0.2, 0.25) is 5.88 Å². The van der Waals surface area contributed by atoms with Crippen LogP contribution in [0.15, 0.2) is 42.6 Å². The second-order valence-corrected chi connectivity index (χ2v) is 3.54. The zero-order valence-electron chi connectivity index (χ0n) is 9.52. The standard InChI is InChI=1S/C12H8N2O5/c15-12(16)8-4-5-13-11(6-8)19-10-3-1-2-9(7-10)14(17)18/h1-7H,(H,15,16). The maximum Gasteiger partial charge on any atom is 0.335 e. The average Bonchev–Trinajstić information content (AvgIpc) is 2.39. The molecule has 0 unspecified atom stereocenters. The van der Waals surface area contributed by atoms with Crippen molar-refractivity contribution >= 4 is 11.7 Å². The van der Waals surface area contributed by atoms with Crippen LogP contribution in [0.25, 0.3) is 0 Å². The number of hydrogen-bond acceptors (Lipinski definition) is 5. The fourth-order valence-corrected chi connectivity index (χ4v) is 1.38. The quantitative estimate of drug-likeness (QED) is 0.669. The Bertz CT molecular complexity index is 586. The van der Waals surface area contributed by atoms with Gasteiger partial charge in [-0.25, -0.2) is 9.78 Å². The summed E-state index contributed by atoms with van der Waals surface area (Å²) in [6.45, 7) is 0. The summed E-state index contributed by atoms with van der Waals surface area (Å²) in [5.41, 5.74) is -0.0951. The van der Waals surface area contributed by atoms with E-state index in [1.165, 1.54) is 42.6 Å². The zero-order valence-corrected chi connectivity index (χ0v) is 9.52. The van der Waals surface area contributed by atoms with Crippen molar-refractivity contribution < 1.29 is 19.6 Å². The highest BCUT2D eigenvalue weighted by atomic mass is 16.6. The molecule has 0 amide bonds. The number of pyridine rings is 1. The highest BCUT2D eigenvalue weighted by Crippen LogP contribution is 2.24. The molecule has 0 fully saturated rings. The first-order valence-electron chi connectivity index (χ1n) is 5.18. The van der Waals surface area contributed by atoms with Crippen molar-refractivity contribution in [1.29, 1.82) is 0 Å². The molecule has 96 valence electrons. The maximum atomic E-state index is 10.8. The molecule has 0 aliphatic carbocycles. The number of aromatic carboxylic acids is 1. The molecule has 0 bridgehead atoms. The molecule has 0 saturated heterocycles. The Kier molecular flexibility index (Phi) is 3.37. The summed E-state index contributed by atoms with van der Waals surface area (Å²) in [7, 11) is 0. The molecule has 1 aromatic carbocycles. The predicted molar refractivity (Wildman–Crippen MR) is 64.4 cm³/mol. The predicted octanol–water partition coefficient (Wildman–Crippen LogP) is 2.48. The summed E-state index contributed by atoms with van der Waals surface area (Å²) in [5, 5.41) is 19.4. The van der Waals surface area contributed by atoms with Crippen LogP contribution >= 0.6 is 0 Å². The van der Waals surface area contributed by atoms with Crippen molar-refractivity contribution in [3.8, 4) is 11.6 Å². The Morgan fingerprint density at radius 2 is 2.11 bits per heavy atom. The van der Waals surface area contributed by atoms with Crippen LogP contribution in [0, 0.1) is 10.1 Å². The van der Waals surface area contributed by atoms with Gasteiger partial charge in [0.25, 0.3) is 5.69 Å². The van der Waals surface area contributed by atoms with E-state index in [0.717, 1.165) is 0 Å². The molecular weight excluding hydrogens is 252 g/mol. The van der Waals surface area contributed by atoms with Gasteiger partial charge in [-0.3, -0.25) is 10.1 Å². The van der Waals surface area contributed by atoms with Gasteiger partial charge in [0.05, 0.1) is 16.6 Å². The average molecular weight is 260 g/mol. The van der Waals surface area contributed by atoms with Crippen LogP contribution in [0.2, 0.25) is 0 Å². The van der Waals surface area contributed by atoms with E-state index in [4.69, 9.17) is 9.84 Å². The van der Waals surface area contributed by atoms with E-state index >= 15 is 0 Å². The van der Waals surface area contributed by atoms with Gasteiger partial charge in [-0.2, -0.15) is 0 Å². The summed E-state index contributed by atoms with van der Waals surface area (Å²) >= 11 is 0. The van der Waals surface area contributed by atoms with Crippen LogP contribution in [-0.4, -0.2) is 21.0 Å². The lowest BCUT2D eigenvalue weighted by atomic mass is 10.3. The van der Waals surface area contributed by atoms with Gasteiger partial charge in [-0.15, -0.1) is 0 Å². The Hall–Kier alpha value is -2.96. The second kappa shape index (κ2) is 5.13. The highest BCUT2D eigenvalue weighted by molar-refractivity contribution is 5.87. The molecule has 0 atom stereocenters. The Balaban J connectivity index is 2.26. The molecule has 0 aliphatic heterocycles. The van der Waals surface area contributed by atoms with Crippen LogP contribution < -0.4 is 4.74 Å². The van der Waals surface area contributed by atoms with E-state index in [1.54, 1.807) is 0 Å². The fraction of sp³-hybridized carbons (Fsp3) is 0. The SMILES string of the molecule is O=C(O)c1ccnc(Oc2cccc([N+](=O)[O-])c2)c1. The summed E-state index contributed by atoms with van der Waals surface area (Å²) in [6.07, 6.45) is 1.29. The highest BCUT2D eigenvalue weighted by Gasteiger charge is 2.09. The number of nitrogens with zero attached hydrogens (tertiary/aromatic N) is 2. The number of carboxylic acids is 1. The van der Waals surface area contributed by atoms with Crippen LogP contribution in [-0.2, 0) is 0 Å². The van der Waals surface area contributed by atoms with Gasteiger partial charge >= 0.3 is 5.97 Å². The molecule has 0 radical (unpaired) electrons. The van der Waals surface area contributed by atoms with E-state index < -0.39 is 10.9 Å². The molecule has 0 aliphatic rings. The first kappa shape index (κ1) is 12.5. The molecule has 2 aromatic rings. The van der Waals surface area contributed by atoms with E-state index in [0.29, 0.717) is 0 Å². The second-order valence-electron chi connectivity index (χ2n) is 3.54. The molecule has 0 saturated carbocycles. The van der Waals surface area contributed by atoms with Gasteiger partial charge in [-0.05, 0) is 12.1 Å². The lowest BCUT2D eigenvalue weighted by molar-refractivity contribution is -0.384. The van der Waals surface area contributed by atoms with Crippen molar-refractivity contribution in [2.75, 3.05) is 0 Å². The lowest BCUT2D eigenvalue weighted by Gasteiger charge is -2.04. The third-order valence-corrected chi connectivity index (χ3v) is 2.23. The summed E-state index contributed by atoms with van der Waals surface area (Å²) < 4.78 is 5.28. The third-order valence-electron chi connectivity index (χ3n) is 2.23. The van der Waals surface area contributed by atoms with E-state index in [1.807, 2.05) is 0 Å². The molecule has 1 aromatic heterocycles. The number of carbonyl (C=O) groups is 1. The van der Waals surface area contributed by atoms with Gasteiger partial charge in [0.15, 0.2) is 0 Å². The third kappa shape index (κ3) is 3.03. The summed E-state index contributed by atoms with van der Waals surface area (Å²) in [5.74, 6) is -0.837. The maximum absolute atomic E-state index is 10.8. The van der Waals surface area contributed by atoms with E-state index in [9.17, 15) is 14.9 Å². The number of rotatable bonds is 4. The van der Waals surface area contributed by atoms with Gasteiger partial charge in [-0.1, -0.05) is 6.07 Å². The summed E-state index contributed by atoms with van der Waals surface area (Å²) in [6, 6.07) is 8.10. The lowest BCUT2D eigenvalue weighted by Crippen LogP contribution is -1.97. The zero-order chi connectivity index (χ0) is 13.8. The Morgan fingerprint density at radius 1 is 1.32 bits per heavy atom. The monoisotopic (exact) mass is 260 g/mol. The molecule has 2 rings (SSSR count). The number of nitro benzene ring substituents is 1. The smallest absolute Gasteiger partial charge is 0.335 e. The molecule has 7 heteroatoms. The number of nitro groups is 1. The minimum atomic E-state index is -1.11. The minimum Gasteiger partial charge on any atom is -0.478 e. The van der Waals surface area contributed by atoms with Gasteiger partial charge < -0.3 is 9.84 Å². The summed E-state index contributed by atoms with van der Waals surface area (Å²) in [4.78, 5) is 24.7. The minimum absolute atomic E-state index is 0.0235. The Labute approximate surface area is 107 Å². The number of ether oxygens (including phenoxy) is 1. The number of benzene rings is 1. The molecule has 1 heterocycles. The van der Waals surface area contributed by atoms with Crippen LogP contribution in [0.3, 0.4) is 0 Å². The first-order valence-corrected chi connectivity index (χ1v) is 5.18. The molecule has 0 spiro atoms. The van der Waals surface area contributed by atoms with Gasteiger partial charge in [0.1, 0.15) is 5.75 Å². The van der Waals surface area contributed by atoms with Crippen LogP contribution in [0.5, 0.6) is 11.6 Å². The number of aromatic nitrogens is 1. The van der Waals surface area contributed by atoms with Crippen LogP contribution in [0.1, 0.15) is 10.4 Å². The number of carboxylic acid groups (broad SMARTS) is 1. The first-order chi connectivity index (χ1) is 9.06. The Morgan fingerprint density at radius 3 is 2.79 bits per heavy atom. The normalized spacial score (nSPS) is 9.89. The number of hydrogen-bond donors (Lipinski definition) is 1. The molecule has 19 heavy (non-hydrogen) atoms. The van der Waals surface area contributed by atoms with Crippen molar-refractivity contribution in [2.24, 2.45) is 0 Å². The van der Waals surface area contributed by atoms with Crippen molar-refractivity contribution in [1.82, 2.24) is 4.98 Å². The van der Waals surface area contributed by atoms with Crippen molar-refractivity contribution in [2.45, 2.75) is 0 Å². The largest absolute Gasteiger partial charge is 0.478 e. The topological polar surface area (TPSA) is 103 Å². The number of non-ortho nitro benzene ring substituents is 1. The fourth-order valence-electron chi connectivity index (χ4n) is 1.38. The van der Waals surface area contributed by atoms with Crippen molar-refractivity contribution in [3.05, 3.63) is 58.3 Å². The van der Waals surface area contributed by atoms with Gasteiger partial charge in [0, 0.05) is 18.3 Å². The van der Waals surface area contributed by atoms with Crippen LogP contribution in [0.4, 0.5) is 5.69 Å². The molecule has 7 nitrogen and oxygen atoms in total.